The maximum Gasteiger partial charge on any atom is -0.0383 e. The van der Waals surface area contributed by atoms with Crippen LogP contribution in [0.25, 0.3) is 0 Å². The molecule has 3 rings (SSSR count). The molecule has 2 bridgehead atoms. The van der Waals surface area contributed by atoms with E-state index >= 15 is 0 Å². The van der Waals surface area contributed by atoms with Crippen LogP contribution in [0, 0.1) is 35.5 Å². The van der Waals surface area contributed by atoms with Gasteiger partial charge in [0.1, 0.15) is 0 Å². The molecule has 0 heteroatoms. The highest BCUT2D eigenvalue weighted by molar-refractivity contribution is 4.82. The van der Waals surface area contributed by atoms with Gasteiger partial charge in [-0.05, 0) is 54.8 Å². The lowest BCUT2D eigenvalue weighted by molar-refractivity contribution is 0.204. The van der Waals surface area contributed by atoms with Crippen molar-refractivity contribution in [1.82, 2.24) is 0 Å². The Balaban J connectivity index is 1.60. The van der Waals surface area contributed by atoms with Crippen molar-refractivity contribution >= 4 is 0 Å². The molecule has 0 aromatic rings. The molecule has 164 valence electrons. The molecule has 3 fully saturated rings. The van der Waals surface area contributed by atoms with E-state index in [9.17, 15) is 0 Å². The van der Waals surface area contributed by atoms with E-state index in [-0.39, 0.29) is 0 Å². The molecule has 0 N–H and O–H groups in total. The zero-order valence-corrected chi connectivity index (χ0v) is 19.6. The van der Waals surface area contributed by atoms with E-state index in [0.717, 1.165) is 35.5 Å². The summed E-state index contributed by atoms with van der Waals surface area (Å²) in [5.74, 6) is 6.22. The minimum absolute atomic E-state index is 0.901. The second-order valence-electron chi connectivity index (χ2n) is 11.6. The first-order chi connectivity index (χ1) is 13.7. The van der Waals surface area contributed by atoms with Gasteiger partial charge in [0.05, 0.1) is 0 Å². The van der Waals surface area contributed by atoms with E-state index in [0.29, 0.717) is 0 Å². The summed E-state index contributed by atoms with van der Waals surface area (Å²) in [6, 6.07) is 0. The molecule has 0 nitrogen and oxygen atoms in total. The van der Waals surface area contributed by atoms with Crippen LogP contribution in [0.4, 0.5) is 0 Å². The van der Waals surface area contributed by atoms with Crippen LogP contribution in [0.5, 0.6) is 0 Å². The van der Waals surface area contributed by atoms with Gasteiger partial charge in [-0.15, -0.1) is 0 Å². The standard InChI is InChI=1S/C28H52/c1-23(2)26-13-11-12-16-28(22-25-18-17-24(21-25)19-20-26)27-14-9-7-5-3-4-6-8-10-15-27/h23-28H,3-22H2,1-2H3. The Hall–Kier alpha value is 0. The average molecular weight is 389 g/mol. The first kappa shape index (κ1) is 22.7. The van der Waals surface area contributed by atoms with Gasteiger partial charge in [-0.25, -0.2) is 0 Å². The lowest BCUT2D eigenvalue weighted by atomic mass is 9.75. The van der Waals surface area contributed by atoms with E-state index in [1.54, 1.807) is 51.4 Å². The van der Waals surface area contributed by atoms with Crippen molar-refractivity contribution in [3.63, 3.8) is 0 Å². The summed E-state index contributed by atoms with van der Waals surface area (Å²) in [6.07, 6.45) is 30.8. The van der Waals surface area contributed by atoms with Crippen molar-refractivity contribution < 1.29 is 0 Å². The van der Waals surface area contributed by atoms with Crippen LogP contribution in [0.1, 0.15) is 142 Å². The average Bonchev–Trinajstić information content (AvgIpc) is 3.09. The fourth-order valence-corrected chi connectivity index (χ4v) is 7.19. The van der Waals surface area contributed by atoms with Gasteiger partial charge < -0.3 is 0 Å². The molecular formula is C28H52. The van der Waals surface area contributed by atoms with Crippen molar-refractivity contribution in [3.05, 3.63) is 0 Å². The Labute approximate surface area is 178 Å². The van der Waals surface area contributed by atoms with E-state index < -0.39 is 0 Å². The Morgan fingerprint density at radius 1 is 0.429 bits per heavy atom. The minimum Gasteiger partial charge on any atom is -0.0625 e. The van der Waals surface area contributed by atoms with E-state index in [1.807, 2.05) is 0 Å². The number of fused-ring (bicyclic) bond motifs is 2. The fourth-order valence-electron chi connectivity index (χ4n) is 7.19. The molecule has 0 aromatic heterocycles. The highest BCUT2D eigenvalue weighted by atomic mass is 14.4. The normalized spacial score (nSPS) is 35.7. The molecule has 3 aliphatic carbocycles. The quantitative estimate of drug-likeness (QED) is 0.441. The summed E-state index contributed by atoms with van der Waals surface area (Å²) in [5, 5.41) is 0. The van der Waals surface area contributed by atoms with Crippen LogP contribution in [-0.2, 0) is 0 Å². The van der Waals surface area contributed by atoms with Gasteiger partial charge in [0.15, 0.2) is 0 Å². The summed E-state index contributed by atoms with van der Waals surface area (Å²) < 4.78 is 0. The highest BCUT2D eigenvalue weighted by Gasteiger charge is 2.31. The second-order valence-corrected chi connectivity index (χ2v) is 11.6. The molecule has 0 aromatic carbocycles. The van der Waals surface area contributed by atoms with Crippen LogP contribution in [0.15, 0.2) is 0 Å². The van der Waals surface area contributed by atoms with Crippen molar-refractivity contribution in [3.8, 4) is 0 Å². The molecule has 0 spiro atoms. The van der Waals surface area contributed by atoms with E-state index in [4.69, 9.17) is 0 Å². The monoisotopic (exact) mass is 388 g/mol. The van der Waals surface area contributed by atoms with Gasteiger partial charge in [0.2, 0.25) is 0 Å². The van der Waals surface area contributed by atoms with Crippen molar-refractivity contribution in [2.45, 2.75) is 142 Å². The molecule has 4 unspecified atom stereocenters. The Kier molecular flexibility index (Phi) is 10.2. The van der Waals surface area contributed by atoms with Gasteiger partial charge in [-0.1, -0.05) is 123 Å². The van der Waals surface area contributed by atoms with Gasteiger partial charge in [0.25, 0.3) is 0 Å². The molecule has 0 amide bonds. The van der Waals surface area contributed by atoms with Gasteiger partial charge in [0, 0.05) is 0 Å². The topological polar surface area (TPSA) is 0 Å². The van der Waals surface area contributed by atoms with Gasteiger partial charge in [-0.2, -0.15) is 0 Å². The Morgan fingerprint density at radius 2 is 0.929 bits per heavy atom. The molecular weight excluding hydrogens is 336 g/mol. The van der Waals surface area contributed by atoms with Crippen LogP contribution in [0.3, 0.4) is 0 Å². The Bertz CT molecular complexity index is 385. The number of hydrogen-bond donors (Lipinski definition) is 0. The van der Waals surface area contributed by atoms with E-state index in [2.05, 4.69) is 13.8 Å². The third-order valence-corrected chi connectivity index (χ3v) is 9.14. The van der Waals surface area contributed by atoms with E-state index in [1.165, 1.54) is 77.0 Å². The largest absolute Gasteiger partial charge is 0.0625 e. The number of hydrogen-bond acceptors (Lipinski definition) is 0. The van der Waals surface area contributed by atoms with Crippen molar-refractivity contribution in [2.75, 3.05) is 0 Å². The molecule has 3 saturated carbocycles. The SMILES string of the molecule is CC(C)C1CCCCC(C2CCCCCCCCCC2)CC2CCC(CC1)C2. The minimum atomic E-state index is 0.901. The second kappa shape index (κ2) is 12.6. The molecule has 28 heavy (non-hydrogen) atoms. The van der Waals surface area contributed by atoms with Crippen molar-refractivity contribution in [2.24, 2.45) is 35.5 Å². The van der Waals surface area contributed by atoms with Crippen LogP contribution in [0.2, 0.25) is 0 Å². The summed E-state index contributed by atoms with van der Waals surface area (Å²) >= 11 is 0. The first-order valence-corrected chi connectivity index (χ1v) is 13.7. The summed E-state index contributed by atoms with van der Waals surface area (Å²) in [5.41, 5.74) is 0. The Morgan fingerprint density at radius 3 is 1.61 bits per heavy atom. The zero-order chi connectivity index (χ0) is 19.6. The maximum absolute atomic E-state index is 2.49. The predicted molar refractivity (Wildman–Crippen MR) is 125 cm³/mol. The molecule has 0 aliphatic heterocycles. The van der Waals surface area contributed by atoms with Crippen LogP contribution in [-0.4, -0.2) is 0 Å². The van der Waals surface area contributed by atoms with Crippen LogP contribution < -0.4 is 0 Å². The lowest BCUT2D eigenvalue weighted by Crippen LogP contribution is -2.19. The number of rotatable bonds is 2. The predicted octanol–water partition coefficient (Wildman–Crippen LogP) is 9.57. The fraction of sp³-hybridized carbons (Fsp3) is 1.00. The van der Waals surface area contributed by atoms with Gasteiger partial charge in [-0.3, -0.25) is 0 Å². The lowest BCUT2D eigenvalue weighted by Gasteiger charge is -2.31. The van der Waals surface area contributed by atoms with Crippen molar-refractivity contribution in [1.29, 1.82) is 0 Å². The summed E-state index contributed by atoms with van der Waals surface area (Å²) in [6.45, 7) is 4.97. The molecule has 4 atom stereocenters. The third kappa shape index (κ3) is 7.68. The third-order valence-electron chi connectivity index (χ3n) is 9.14. The summed E-state index contributed by atoms with van der Waals surface area (Å²) in [7, 11) is 0. The molecule has 0 radical (unpaired) electrons. The molecule has 3 aliphatic rings. The smallest absolute Gasteiger partial charge is 0.0383 e. The molecule has 0 saturated heterocycles. The first-order valence-electron chi connectivity index (χ1n) is 13.7. The van der Waals surface area contributed by atoms with Gasteiger partial charge >= 0.3 is 0 Å². The molecule has 0 heterocycles. The highest BCUT2D eigenvalue weighted by Crippen LogP contribution is 2.43. The summed E-state index contributed by atoms with van der Waals surface area (Å²) in [4.78, 5) is 0. The zero-order valence-electron chi connectivity index (χ0n) is 19.6. The maximum atomic E-state index is 2.49. The van der Waals surface area contributed by atoms with Crippen LogP contribution >= 0.6 is 0 Å².